The molecule has 26 heavy (non-hydrogen) atoms. The fourth-order valence-electron chi connectivity index (χ4n) is 2.39. The molecule has 0 heterocycles. The average Bonchev–Trinajstić information content (AvgIpc) is 2.57. The van der Waals surface area contributed by atoms with Gasteiger partial charge < -0.3 is 9.47 Å². The molecule has 0 spiro atoms. The van der Waals surface area contributed by atoms with Gasteiger partial charge in [-0.3, -0.25) is 9.52 Å². The lowest BCUT2D eigenvalue weighted by molar-refractivity contribution is -0.120. The molecule has 6 nitrogen and oxygen atoms in total. The van der Waals surface area contributed by atoms with Crippen molar-refractivity contribution in [2.45, 2.75) is 40.0 Å². The summed E-state index contributed by atoms with van der Waals surface area (Å²) in [5.41, 5.74) is 1.99. The molecule has 7 heteroatoms. The lowest BCUT2D eigenvalue weighted by Gasteiger charge is -2.14. The molecule has 1 unspecified atom stereocenters. The average molecular weight is 386 g/mol. The highest BCUT2D eigenvalue weighted by molar-refractivity contribution is 7.90. The summed E-state index contributed by atoms with van der Waals surface area (Å²) in [6.45, 7) is 9.23. The third-order valence-electron chi connectivity index (χ3n) is 3.85. The van der Waals surface area contributed by atoms with Gasteiger partial charge in [0.1, 0.15) is 0 Å². The van der Waals surface area contributed by atoms with E-state index >= 15 is 0 Å². The summed E-state index contributed by atoms with van der Waals surface area (Å²) in [6.07, 6.45) is 0.971. The maximum Gasteiger partial charge on any atom is 0.240 e. The molecule has 0 fully saturated rings. The van der Waals surface area contributed by atoms with E-state index in [1.165, 1.54) is 5.56 Å². The van der Waals surface area contributed by atoms with Gasteiger partial charge in [-0.25, -0.2) is 8.42 Å². The predicted octanol–water partition coefficient (Wildman–Crippen LogP) is 2.49. The van der Waals surface area contributed by atoms with E-state index in [-0.39, 0.29) is 12.4 Å². The number of rotatable bonds is 12. The van der Waals surface area contributed by atoms with Crippen molar-refractivity contribution in [3.63, 3.8) is 0 Å². The van der Waals surface area contributed by atoms with Crippen molar-refractivity contribution in [2.75, 3.05) is 32.2 Å². The number of carbonyl (C=O) groups excluding carboxylic acids is 1. The molecule has 0 saturated carbocycles. The second-order valence-corrected chi connectivity index (χ2v) is 8.50. The number of hydrogen-bond donors (Lipinski definition) is 1. The van der Waals surface area contributed by atoms with Crippen LogP contribution in [0.3, 0.4) is 0 Å². The number of amides is 1. The van der Waals surface area contributed by atoms with Crippen LogP contribution in [0.1, 0.15) is 44.7 Å². The molecule has 0 aliphatic heterocycles. The zero-order valence-corrected chi connectivity index (χ0v) is 17.0. The maximum absolute atomic E-state index is 12.2. The van der Waals surface area contributed by atoms with Crippen LogP contribution in [-0.4, -0.2) is 46.5 Å². The molecule has 1 amide bonds. The molecule has 1 rings (SSSR count). The van der Waals surface area contributed by atoms with Crippen LogP contribution in [0.4, 0.5) is 0 Å². The van der Waals surface area contributed by atoms with Crippen molar-refractivity contribution in [3.8, 4) is 0 Å². The Balaban J connectivity index is 2.49. The Morgan fingerprint density at radius 3 is 2.23 bits per heavy atom. The second kappa shape index (κ2) is 11.3. The molecule has 0 aliphatic carbocycles. The smallest absolute Gasteiger partial charge is 0.240 e. The minimum absolute atomic E-state index is 0.0218. The van der Waals surface area contributed by atoms with Crippen LogP contribution in [0.2, 0.25) is 0 Å². The van der Waals surface area contributed by atoms with Crippen LogP contribution in [0.5, 0.6) is 0 Å². The van der Waals surface area contributed by atoms with Crippen LogP contribution in [0, 0.1) is 5.92 Å². The first-order chi connectivity index (χ1) is 12.2. The number of benzene rings is 1. The zero-order chi connectivity index (χ0) is 19.6. The van der Waals surface area contributed by atoms with Crippen LogP contribution >= 0.6 is 0 Å². The van der Waals surface area contributed by atoms with E-state index in [4.69, 9.17) is 9.47 Å². The summed E-state index contributed by atoms with van der Waals surface area (Å²) in [5.74, 6) is -0.777. The standard InChI is InChI=1S/C19H31NO5S/c1-5-24-10-11-25-12-13-26(22,23)20-19(21)16(4)18-8-6-17(7-9-18)14-15(2)3/h6-9,15-16H,5,10-14H2,1-4H3,(H,20,21). The van der Waals surface area contributed by atoms with E-state index in [9.17, 15) is 13.2 Å². The van der Waals surface area contributed by atoms with Crippen molar-refractivity contribution < 1.29 is 22.7 Å². The van der Waals surface area contributed by atoms with Crippen LogP contribution in [-0.2, 0) is 30.7 Å². The number of carbonyl (C=O) groups is 1. The quantitative estimate of drug-likeness (QED) is 0.559. The van der Waals surface area contributed by atoms with Gasteiger partial charge >= 0.3 is 0 Å². The summed E-state index contributed by atoms with van der Waals surface area (Å²) in [4.78, 5) is 12.2. The van der Waals surface area contributed by atoms with Crippen LogP contribution in [0.15, 0.2) is 24.3 Å². The first kappa shape index (κ1) is 22.6. The lowest BCUT2D eigenvalue weighted by Crippen LogP contribution is -2.36. The first-order valence-corrected chi connectivity index (χ1v) is 10.7. The molecule has 148 valence electrons. The van der Waals surface area contributed by atoms with E-state index in [0.717, 1.165) is 12.0 Å². The van der Waals surface area contributed by atoms with Gasteiger partial charge in [0.05, 0.1) is 31.5 Å². The number of ether oxygens (including phenoxy) is 2. The maximum atomic E-state index is 12.2. The highest BCUT2D eigenvalue weighted by Crippen LogP contribution is 2.18. The highest BCUT2D eigenvalue weighted by Gasteiger charge is 2.21. The van der Waals surface area contributed by atoms with Crippen molar-refractivity contribution in [3.05, 3.63) is 35.4 Å². The Kier molecular flexibility index (Phi) is 9.83. The van der Waals surface area contributed by atoms with Crippen molar-refractivity contribution >= 4 is 15.9 Å². The Labute approximate surface area is 157 Å². The second-order valence-electron chi connectivity index (χ2n) is 6.66. The molecule has 0 saturated heterocycles. The normalized spacial score (nSPS) is 13.0. The van der Waals surface area contributed by atoms with Gasteiger partial charge in [0, 0.05) is 6.61 Å². The summed E-state index contributed by atoms with van der Waals surface area (Å²) in [6, 6.07) is 7.73. The third kappa shape index (κ3) is 8.78. The monoisotopic (exact) mass is 385 g/mol. The van der Waals surface area contributed by atoms with E-state index in [1.54, 1.807) is 6.92 Å². The largest absolute Gasteiger partial charge is 0.379 e. The van der Waals surface area contributed by atoms with Gasteiger partial charge in [0.15, 0.2) is 0 Å². The van der Waals surface area contributed by atoms with Gasteiger partial charge in [-0.1, -0.05) is 38.1 Å². The van der Waals surface area contributed by atoms with Crippen LogP contribution < -0.4 is 4.72 Å². The summed E-state index contributed by atoms with van der Waals surface area (Å²) in [5, 5.41) is 0. The van der Waals surface area contributed by atoms with Gasteiger partial charge in [-0.2, -0.15) is 0 Å². The summed E-state index contributed by atoms with van der Waals surface area (Å²) < 4.78 is 36.4. The Hall–Kier alpha value is -1.44. The van der Waals surface area contributed by atoms with E-state index in [2.05, 4.69) is 18.6 Å². The fraction of sp³-hybridized carbons (Fsp3) is 0.632. The first-order valence-electron chi connectivity index (χ1n) is 9.03. The molecular weight excluding hydrogens is 354 g/mol. The van der Waals surface area contributed by atoms with E-state index in [1.807, 2.05) is 31.2 Å². The van der Waals surface area contributed by atoms with Gasteiger partial charge in [0.25, 0.3) is 0 Å². The van der Waals surface area contributed by atoms with E-state index in [0.29, 0.717) is 25.7 Å². The van der Waals surface area contributed by atoms with Crippen molar-refractivity contribution in [2.24, 2.45) is 5.92 Å². The lowest BCUT2D eigenvalue weighted by atomic mass is 9.96. The summed E-state index contributed by atoms with van der Waals surface area (Å²) in [7, 11) is -3.72. The Morgan fingerprint density at radius 1 is 1.04 bits per heavy atom. The number of sulfonamides is 1. The van der Waals surface area contributed by atoms with Gasteiger partial charge in [-0.15, -0.1) is 0 Å². The molecule has 0 radical (unpaired) electrons. The van der Waals surface area contributed by atoms with E-state index < -0.39 is 21.8 Å². The molecule has 1 atom stereocenters. The molecule has 0 aromatic heterocycles. The molecule has 0 aliphatic rings. The molecular formula is C19H31NO5S. The van der Waals surface area contributed by atoms with Crippen molar-refractivity contribution in [1.29, 1.82) is 0 Å². The highest BCUT2D eigenvalue weighted by atomic mass is 32.2. The summed E-state index contributed by atoms with van der Waals surface area (Å²) >= 11 is 0. The number of hydrogen-bond acceptors (Lipinski definition) is 5. The minimum Gasteiger partial charge on any atom is -0.379 e. The Bertz CT molecular complexity index is 640. The zero-order valence-electron chi connectivity index (χ0n) is 16.2. The minimum atomic E-state index is -3.72. The van der Waals surface area contributed by atoms with Crippen LogP contribution in [0.25, 0.3) is 0 Å². The number of nitrogens with one attached hydrogen (secondary N) is 1. The molecule has 1 aromatic carbocycles. The molecule has 0 bridgehead atoms. The Morgan fingerprint density at radius 2 is 1.65 bits per heavy atom. The molecule has 1 N–H and O–H groups in total. The topological polar surface area (TPSA) is 81.7 Å². The molecule has 1 aromatic rings. The SMILES string of the molecule is CCOCCOCCS(=O)(=O)NC(=O)C(C)c1ccc(CC(C)C)cc1. The van der Waals surface area contributed by atoms with Gasteiger partial charge in [0.2, 0.25) is 15.9 Å². The predicted molar refractivity (Wildman–Crippen MR) is 103 cm³/mol. The third-order valence-corrected chi connectivity index (χ3v) is 5.06. The van der Waals surface area contributed by atoms with Gasteiger partial charge in [-0.05, 0) is 37.3 Å². The van der Waals surface area contributed by atoms with Crippen molar-refractivity contribution in [1.82, 2.24) is 4.72 Å². The fourth-order valence-corrected chi connectivity index (χ4v) is 3.31.